The van der Waals surface area contributed by atoms with Gasteiger partial charge in [-0.3, -0.25) is 9.59 Å². The third kappa shape index (κ3) is 22.3. The molecule has 0 saturated carbocycles. The third-order valence-corrected chi connectivity index (χ3v) is 8.32. The Morgan fingerprint density at radius 2 is 1.08 bits per heavy atom. The average Bonchev–Trinajstić information content (AvgIpc) is 3.12. The van der Waals surface area contributed by atoms with Crippen molar-refractivity contribution >= 4 is 29.9 Å². The van der Waals surface area contributed by atoms with Crippen molar-refractivity contribution in [3.05, 3.63) is 71.8 Å². The summed E-state index contributed by atoms with van der Waals surface area (Å²) in [7, 11) is 0. The van der Waals surface area contributed by atoms with Crippen LogP contribution in [0.15, 0.2) is 60.7 Å². The second-order valence-corrected chi connectivity index (χ2v) is 14.3. The smallest absolute Gasteiger partial charge is 0.408 e. The number of hydrogen-bond donors (Lipinski definition) is 2. The zero-order valence-electron chi connectivity index (χ0n) is 32.3. The second-order valence-electron chi connectivity index (χ2n) is 14.3. The van der Waals surface area contributed by atoms with E-state index in [9.17, 15) is 24.0 Å². The van der Waals surface area contributed by atoms with Gasteiger partial charge in [0, 0.05) is 12.8 Å². The van der Waals surface area contributed by atoms with Crippen LogP contribution in [0.3, 0.4) is 0 Å². The first-order valence-corrected chi connectivity index (χ1v) is 19.3. The SMILES string of the molecule is CCCCCCCCCCCOC(=O)CCCC(=O)NC(CCCC(NC(=O)OC(C)(C)C)C(=O)OCc1ccccc1)C(=O)OCc1ccccc1. The summed E-state index contributed by atoms with van der Waals surface area (Å²) in [6.07, 6.45) is 10.7. The van der Waals surface area contributed by atoms with E-state index < -0.39 is 41.6 Å². The number of alkyl carbamates (subject to hydrolysis) is 1. The number of nitrogens with one attached hydrogen (secondary N) is 2. The van der Waals surface area contributed by atoms with Crippen molar-refractivity contribution in [3.8, 4) is 0 Å². The molecule has 294 valence electrons. The van der Waals surface area contributed by atoms with Gasteiger partial charge >= 0.3 is 24.0 Å². The molecule has 0 aliphatic carbocycles. The average molecular weight is 739 g/mol. The summed E-state index contributed by atoms with van der Waals surface area (Å²) in [6.45, 7) is 7.76. The van der Waals surface area contributed by atoms with Crippen LogP contribution < -0.4 is 10.6 Å². The molecule has 0 saturated heterocycles. The van der Waals surface area contributed by atoms with Gasteiger partial charge in [-0.2, -0.15) is 0 Å². The molecule has 0 bridgehead atoms. The molecule has 2 atom stereocenters. The lowest BCUT2D eigenvalue weighted by Crippen LogP contribution is -2.45. The largest absolute Gasteiger partial charge is 0.466 e. The summed E-state index contributed by atoms with van der Waals surface area (Å²) >= 11 is 0. The normalized spacial score (nSPS) is 12.2. The number of esters is 3. The van der Waals surface area contributed by atoms with Gasteiger partial charge in [0.1, 0.15) is 30.9 Å². The van der Waals surface area contributed by atoms with Crippen LogP contribution in [0.5, 0.6) is 0 Å². The number of hydrogen-bond acceptors (Lipinski definition) is 9. The highest BCUT2D eigenvalue weighted by Crippen LogP contribution is 2.14. The van der Waals surface area contributed by atoms with E-state index in [-0.39, 0.29) is 57.7 Å². The predicted molar refractivity (Wildman–Crippen MR) is 203 cm³/mol. The van der Waals surface area contributed by atoms with Crippen LogP contribution in [0.25, 0.3) is 0 Å². The van der Waals surface area contributed by atoms with Crippen LogP contribution in [0, 0.1) is 0 Å². The lowest BCUT2D eigenvalue weighted by molar-refractivity contribution is -0.149. The molecule has 2 N–H and O–H groups in total. The number of unbranched alkanes of at least 4 members (excludes halogenated alkanes) is 8. The van der Waals surface area contributed by atoms with E-state index in [1.165, 1.54) is 38.5 Å². The molecular formula is C42H62N2O9. The molecule has 0 aliphatic heterocycles. The van der Waals surface area contributed by atoms with Crippen LogP contribution in [0.4, 0.5) is 4.79 Å². The molecule has 0 radical (unpaired) electrons. The van der Waals surface area contributed by atoms with E-state index in [1.807, 2.05) is 60.7 Å². The number of ether oxygens (including phenoxy) is 4. The Morgan fingerprint density at radius 3 is 1.58 bits per heavy atom. The third-order valence-electron chi connectivity index (χ3n) is 8.32. The summed E-state index contributed by atoms with van der Waals surface area (Å²) in [5.41, 5.74) is 0.784. The first-order valence-electron chi connectivity index (χ1n) is 19.3. The molecule has 2 rings (SSSR count). The van der Waals surface area contributed by atoms with Crippen molar-refractivity contribution in [2.45, 2.75) is 155 Å². The van der Waals surface area contributed by atoms with Crippen LogP contribution in [0.2, 0.25) is 0 Å². The van der Waals surface area contributed by atoms with Crippen molar-refractivity contribution in [3.63, 3.8) is 0 Å². The van der Waals surface area contributed by atoms with Crippen molar-refractivity contribution < 1.29 is 42.9 Å². The molecule has 2 aromatic rings. The molecule has 2 aromatic carbocycles. The minimum atomic E-state index is -1.06. The summed E-state index contributed by atoms with van der Waals surface area (Å²) in [5, 5.41) is 5.33. The minimum Gasteiger partial charge on any atom is -0.466 e. The number of carbonyl (C=O) groups is 5. The summed E-state index contributed by atoms with van der Waals surface area (Å²) in [4.78, 5) is 64.1. The van der Waals surface area contributed by atoms with Gasteiger partial charge in [-0.25, -0.2) is 14.4 Å². The Balaban J connectivity index is 1.90. The quantitative estimate of drug-likeness (QED) is 0.0553. The monoisotopic (exact) mass is 738 g/mol. The topological polar surface area (TPSA) is 146 Å². The first-order chi connectivity index (χ1) is 25.5. The van der Waals surface area contributed by atoms with Crippen molar-refractivity contribution in [1.82, 2.24) is 10.6 Å². The number of benzene rings is 2. The molecule has 2 unspecified atom stereocenters. The van der Waals surface area contributed by atoms with E-state index >= 15 is 0 Å². The summed E-state index contributed by atoms with van der Waals surface area (Å²) in [6, 6.07) is 16.2. The van der Waals surface area contributed by atoms with E-state index in [4.69, 9.17) is 18.9 Å². The van der Waals surface area contributed by atoms with Crippen LogP contribution >= 0.6 is 0 Å². The molecule has 0 heterocycles. The highest BCUT2D eigenvalue weighted by atomic mass is 16.6. The maximum Gasteiger partial charge on any atom is 0.408 e. The first kappa shape index (κ1) is 44.7. The molecule has 0 aromatic heterocycles. The maximum absolute atomic E-state index is 13.2. The Kier molecular flexibility index (Phi) is 22.3. The number of amides is 2. The van der Waals surface area contributed by atoms with Gasteiger partial charge in [0.05, 0.1) is 6.61 Å². The fourth-order valence-corrected chi connectivity index (χ4v) is 5.46. The van der Waals surface area contributed by atoms with Gasteiger partial charge in [-0.05, 0) is 64.0 Å². The Bertz CT molecular complexity index is 1350. The second kappa shape index (κ2) is 26.4. The molecule has 0 spiro atoms. The fourth-order valence-electron chi connectivity index (χ4n) is 5.46. The zero-order valence-corrected chi connectivity index (χ0v) is 32.3. The molecule has 53 heavy (non-hydrogen) atoms. The van der Waals surface area contributed by atoms with Gasteiger partial charge < -0.3 is 29.6 Å². The molecular weight excluding hydrogens is 676 g/mol. The maximum atomic E-state index is 13.2. The minimum absolute atomic E-state index is 0.0173. The highest BCUT2D eigenvalue weighted by molar-refractivity contribution is 5.85. The highest BCUT2D eigenvalue weighted by Gasteiger charge is 2.28. The van der Waals surface area contributed by atoms with Gasteiger partial charge in [0.15, 0.2) is 0 Å². The van der Waals surface area contributed by atoms with Gasteiger partial charge in [-0.15, -0.1) is 0 Å². The van der Waals surface area contributed by atoms with Crippen LogP contribution in [-0.2, 0) is 51.3 Å². The van der Waals surface area contributed by atoms with Crippen molar-refractivity contribution in [2.24, 2.45) is 0 Å². The Morgan fingerprint density at radius 1 is 0.585 bits per heavy atom. The lowest BCUT2D eigenvalue weighted by Gasteiger charge is -2.23. The Hall–Kier alpha value is -4.41. The van der Waals surface area contributed by atoms with Gasteiger partial charge in [0.25, 0.3) is 0 Å². The van der Waals surface area contributed by atoms with Crippen molar-refractivity contribution in [1.29, 1.82) is 0 Å². The molecule has 11 heteroatoms. The van der Waals surface area contributed by atoms with E-state index in [0.717, 1.165) is 30.4 Å². The molecule has 2 amide bonds. The molecule has 0 fully saturated rings. The van der Waals surface area contributed by atoms with Crippen molar-refractivity contribution in [2.75, 3.05) is 6.61 Å². The molecule has 11 nitrogen and oxygen atoms in total. The standard InChI is InChI=1S/C42H62N2O9/c1-5-6-7-8-9-10-11-12-19-30-50-38(46)29-21-28-37(45)43-35(39(47)51-31-33-22-15-13-16-23-33)26-20-27-36(44-41(49)53-42(2,3)4)40(48)52-32-34-24-17-14-18-25-34/h13-18,22-25,35-36H,5-12,19-21,26-32H2,1-4H3,(H,43,45)(H,44,49). The predicted octanol–water partition coefficient (Wildman–Crippen LogP) is 8.27. The van der Waals surface area contributed by atoms with E-state index in [2.05, 4.69) is 17.6 Å². The summed E-state index contributed by atoms with van der Waals surface area (Å²) < 4.78 is 21.7. The number of carbonyl (C=O) groups excluding carboxylic acids is 5. The zero-order chi connectivity index (χ0) is 38.7. The van der Waals surface area contributed by atoms with Gasteiger partial charge in [-0.1, -0.05) is 119 Å². The fraction of sp³-hybridized carbons (Fsp3) is 0.595. The molecule has 0 aliphatic rings. The van der Waals surface area contributed by atoms with E-state index in [1.54, 1.807) is 20.8 Å². The van der Waals surface area contributed by atoms with Crippen LogP contribution in [-0.4, -0.2) is 54.2 Å². The van der Waals surface area contributed by atoms with Crippen LogP contribution in [0.1, 0.15) is 135 Å². The van der Waals surface area contributed by atoms with E-state index in [0.29, 0.717) is 6.61 Å². The van der Waals surface area contributed by atoms with Gasteiger partial charge in [0.2, 0.25) is 5.91 Å². The summed E-state index contributed by atoms with van der Waals surface area (Å²) in [5.74, 6) is -2.05. The Labute approximate surface area is 316 Å². The lowest BCUT2D eigenvalue weighted by atomic mass is 10.0. The number of rotatable bonds is 26.